The van der Waals surface area contributed by atoms with Crippen molar-refractivity contribution >= 4 is 0 Å². The first-order valence-electron chi connectivity index (χ1n) is 5.26. The van der Waals surface area contributed by atoms with E-state index in [1.165, 1.54) is 38.5 Å². The van der Waals surface area contributed by atoms with Gasteiger partial charge < -0.3 is 5.73 Å². The molecule has 0 spiro atoms. The number of hydrogen-bond donors (Lipinski definition) is 1. The van der Waals surface area contributed by atoms with E-state index in [2.05, 4.69) is 11.9 Å². The molecule has 0 bridgehead atoms. The molecule has 1 saturated heterocycles. The summed E-state index contributed by atoms with van der Waals surface area (Å²) in [6.45, 7) is 0. The van der Waals surface area contributed by atoms with Crippen LogP contribution in [0, 0.1) is 5.92 Å². The number of nitrogens with zero attached hydrogens (tertiary/aromatic N) is 1. The molecule has 2 N–H and O–H groups in total. The van der Waals surface area contributed by atoms with Crippen LogP contribution in [-0.2, 0) is 0 Å². The van der Waals surface area contributed by atoms with Gasteiger partial charge in [0.2, 0.25) is 0 Å². The highest BCUT2D eigenvalue weighted by molar-refractivity contribution is 4.90. The van der Waals surface area contributed by atoms with E-state index in [0.29, 0.717) is 6.17 Å². The summed E-state index contributed by atoms with van der Waals surface area (Å²) in [7, 11) is 2.20. The maximum absolute atomic E-state index is 6.06. The van der Waals surface area contributed by atoms with Crippen LogP contribution in [-0.4, -0.2) is 24.2 Å². The van der Waals surface area contributed by atoms with Crippen LogP contribution in [0.5, 0.6) is 0 Å². The summed E-state index contributed by atoms with van der Waals surface area (Å²) < 4.78 is 0. The molecule has 2 aliphatic rings. The molecule has 1 heterocycles. The molecular weight excluding hydrogens is 148 g/mol. The largest absolute Gasteiger partial charge is 0.316 e. The van der Waals surface area contributed by atoms with Crippen LogP contribution < -0.4 is 5.73 Å². The van der Waals surface area contributed by atoms with E-state index in [1.807, 2.05) is 0 Å². The van der Waals surface area contributed by atoms with Gasteiger partial charge in [0.05, 0.1) is 6.17 Å². The van der Waals surface area contributed by atoms with Gasteiger partial charge in [-0.05, 0) is 38.6 Å². The lowest BCUT2D eigenvalue weighted by Crippen LogP contribution is -2.53. The molecule has 12 heavy (non-hydrogen) atoms. The van der Waals surface area contributed by atoms with Crippen molar-refractivity contribution in [2.45, 2.75) is 50.7 Å². The lowest BCUT2D eigenvalue weighted by Gasteiger charge is -2.46. The lowest BCUT2D eigenvalue weighted by atomic mass is 9.74. The molecule has 0 aromatic carbocycles. The van der Waals surface area contributed by atoms with E-state index in [0.717, 1.165) is 12.0 Å². The minimum absolute atomic E-state index is 0.332. The lowest BCUT2D eigenvalue weighted by molar-refractivity contribution is 0.0307. The Balaban J connectivity index is 1.98. The van der Waals surface area contributed by atoms with Crippen LogP contribution in [0.15, 0.2) is 0 Å². The van der Waals surface area contributed by atoms with Crippen molar-refractivity contribution in [1.82, 2.24) is 4.90 Å². The highest BCUT2D eigenvalue weighted by Crippen LogP contribution is 2.37. The van der Waals surface area contributed by atoms with Gasteiger partial charge in [0, 0.05) is 6.04 Å². The van der Waals surface area contributed by atoms with E-state index in [1.54, 1.807) is 0 Å². The molecule has 0 radical (unpaired) electrons. The Morgan fingerprint density at radius 2 is 1.83 bits per heavy atom. The van der Waals surface area contributed by atoms with Gasteiger partial charge in [0.25, 0.3) is 0 Å². The second-order valence-electron chi connectivity index (χ2n) is 4.42. The molecule has 1 saturated carbocycles. The zero-order valence-corrected chi connectivity index (χ0v) is 8.00. The van der Waals surface area contributed by atoms with Gasteiger partial charge >= 0.3 is 0 Å². The smallest absolute Gasteiger partial charge is 0.0571 e. The van der Waals surface area contributed by atoms with Gasteiger partial charge in [-0.1, -0.05) is 12.8 Å². The van der Waals surface area contributed by atoms with Gasteiger partial charge in [-0.3, -0.25) is 4.90 Å². The van der Waals surface area contributed by atoms with Crippen LogP contribution in [0.2, 0.25) is 0 Å². The standard InChI is InChI=1S/C10H20N2/c1-12-9-7-6-8(9)4-2-3-5-10(12)11/h8-10H,2-7,11H2,1H3/t8?,9-,10-/m1/s1. The summed E-state index contributed by atoms with van der Waals surface area (Å²) in [5.74, 6) is 0.973. The minimum Gasteiger partial charge on any atom is -0.316 e. The quantitative estimate of drug-likeness (QED) is 0.594. The Bertz CT molecular complexity index is 150. The molecule has 1 aliphatic carbocycles. The second-order valence-corrected chi connectivity index (χ2v) is 4.42. The number of likely N-dealkylation sites (tertiary alicyclic amines) is 1. The maximum Gasteiger partial charge on any atom is 0.0571 e. The van der Waals surface area contributed by atoms with E-state index in [-0.39, 0.29) is 0 Å². The SMILES string of the molecule is CN1[C@@H]2CCC2CCCC[C@@H]1N. The summed E-state index contributed by atoms with van der Waals surface area (Å²) in [6, 6.07) is 0.820. The van der Waals surface area contributed by atoms with Crippen molar-refractivity contribution in [3.8, 4) is 0 Å². The van der Waals surface area contributed by atoms with Crippen LogP contribution in [0.4, 0.5) is 0 Å². The zero-order valence-electron chi connectivity index (χ0n) is 8.00. The minimum atomic E-state index is 0.332. The normalized spacial score (nSPS) is 44.0. The molecule has 2 rings (SSSR count). The third-order valence-electron chi connectivity index (χ3n) is 3.75. The van der Waals surface area contributed by atoms with E-state index >= 15 is 0 Å². The van der Waals surface area contributed by atoms with Crippen molar-refractivity contribution in [3.05, 3.63) is 0 Å². The number of nitrogens with two attached hydrogens (primary N) is 1. The number of fused-ring (bicyclic) bond motifs is 1. The highest BCUT2D eigenvalue weighted by Gasteiger charge is 2.36. The molecule has 3 atom stereocenters. The highest BCUT2D eigenvalue weighted by atomic mass is 15.2. The van der Waals surface area contributed by atoms with Crippen LogP contribution >= 0.6 is 0 Å². The molecule has 0 amide bonds. The summed E-state index contributed by atoms with van der Waals surface area (Å²) in [4.78, 5) is 2.41. The van der Waals surface area contributed by atoms with E-state index in [9.17, 15) is 0 Å². The molecule has 1 aliphatic heterocycles. The second kappa shape index (κ2) is 3.35. The van der Waals surface area contributed by atoms with Gasteiger partial charge in [0.15, 0.2) is 0 Å². The Morgan fingerprint density at radius 3 is 2.50 bits per heavy atom. The molecule has 2 heteroatoms. The van der Waals surface area contributed by atoms with Crippen molar-refractivity contribution in [1.29, 1.82) is 0 Å². The van der Waals surface area contributed by atoms with E-state index < -0.39 is 0 Å². The monoisotopic (exact) mass is 168 g/mol. The molecule has 0 aromatic heterocycles. The summed E-state index contributed by atoms with van der Waals surface area (Å²) in [6.07, 6.45) is 8.54. The molecule has 70 valence electrons. The van der Waals surface area contributed by atoms with Gasteiger partial charge in [-0.25, -0.2) is 0 Å². The summed E-state index contributed by atoms with van der Waals surface area (Å²) >= 11 is 0. The Kier molecular flexibility index (Phi) is 2.37. The molecule has 2 nitrogen and oxygen atoms in total. The van der Waals surface area contributed by atoms with E-state index in [4.69, 9.17) is 5.73 Å². The van der Waals surface area contributed by atoms with Gasteiger partial charge in [0.1, 0.15) is 0 Å². The van der Waals surface area contributed by atoms with Crippen LogP contribution in [0.1, 0.15) is 38.5 Å². The molecule has 2 fully saturated rings. The predicted molar refractivity (Wildman–Crippen MR) is 50.7 cm³/mol. The molecular formula is C10H20N2. The Hall–Kier alpha value is -0.0800. The first-order chi connectivity index (χ1) is 5.79. The number of rotatable bonds is 0. The fourth-order valence-corrected chi connectivity index (χ4v) is 2.63. The first kappa shape index (κ1) is 8.52. The van der Waals surface area contributed by atoms with Crippen molar-refractivity contribution in [2.75, 3.05) is 7.05 Å². The predicted octanol–water partition coefficient (Wildman–Crippen LogP) is 1.56. The first-order valence-corrected chi connectivity index (χ1v) is 5.26. The van der Waals surface area contributed by atoms with Crippen molar-refractivity contribution in [2.24, 2.45) is 11.7 Å². The average Bonchev–Trinajstić information content (AvgIpc) is 2.00. The number of hydrogen-bond acceptors (Lipinski definition) is 2. The fourth-order valence-electron chi connectivity index (χ4n) is 2.63. The molecule has 0 aromatic rings. The van der Waals surface area contributed by atoms with Crippen LogP contribution in [0.25, 0.3) is 0 Å². The Morgan fingerprint density at radius 1 is 1.08 bits per heavy atom. The zero-order chi connectivity index (χ0) is 8.55. The molecule has 1 unspecified atom stereocenters. The van der Waals surface area contributed by atoms with Crippen molar-refractivity contribution < 1.29 is 0 Å². The topological polar surface area (TPSA) is 29.3 Å². The van der Waals surface area contributed by atoms with Gasteiger partial charge in [-0.15, -0.1) is 0 Å². The van der Waals surface area contributed by atoms with Crippen LogP contribution in [0.3, 0.4) is 0 Å². The maximum atomic E-state index is 6.06. The van der Waals surface area contributed by atoms with Gasteiger partial charge in [-0.2, -0.15) is 0 Å². The Labute approximate surface area is 75.1 Å². The van der Waals surface area contributed by atoms with Crippen molar-refractivity contribution in [3.63, 3.8) is 0 Å². The fraction of sp³-hybridized carbons (Fsp3) is 1.00. The third kappa shape index (κ3) is 1.38. The summed E-state index contributed by atoms with van der Waals surface area (Å²) in [5, 5.41) is 0. The average molecular weight is 168 g/mol. The third-order valence-corrected chi connectivity index (χ3v) is 3.75. The summed E-state index contributed by atoms with van der Waals surface area (Å²) in [5.41, 5.74) is 6.06.